The van der Waals surface area contributed by atoms with Crippen LogP contribution >= 0.6 is 0 Å². The number of para-hydroxylation sites is 1. The third-order valence-corrected chi connectivity index (χ3v) is 3.72. The quantitative estimate of drug-likeness (QED) is 0.873. The lowest BCUT2D eigenvalue weighted by atomic mass is 10.2. The Morgan fingerprint density at radius 1 is 1.16 bits per heavy atom. The Labute approximate surface area is 109 Å². The number of nitrogens with zero attached hydrogens (tertiary/aromatic N) is 1. The van der Waals surface area contributed by atoms with Crippen LogP contribution in [-0.2, 0) is 10.0 Å². The van der Waals surface area contributed by atoms with Crippen LogP contribution in [0.3, 0.4) is 0 Å². The first-order chi connectivity index (χ1) is 9.03. The summed E-state index contributed by atoms with van der Waals surface area (Å²) in [6.07, 6.45) is 1.10. The van der Waals surface area contributed by atoms with Crippen LogP contribution in [0.25, 0.3) is 0 Å². The Bertz CT molecular complexity index is 783. The Morgan fingerprint density at radius 3 is 2.53 bits per heavy atom. The van der Waals surface area contributed by atoms with Gasteiger partial charge in [0.05, 0.1) is 11.3 Å². The van der Waals surface area contributed by atoms with Crippen LogP contribution in [0, 0.1) is 11.3 Å². The highest BCUT2D eigenvalue weighted by molar-refractivity contribution is 7.92. The van der Waals surface area contributed by atoms with Gasteiger partial charge in [0.15, 0.2) is 0 Å². The molecule has 19 heavy (non-hydrogen) atoms. The minimum Gasteiger partial charge on any atom is -0.328 e. The largest absolute Gasteiger partial charge is 0.328 e. The summed E-state index contributed by atoms with van der Waals surface area (Å²) in [5, 5.41) is 8.89. The Hall–Kier alpha value is -2.59. The van der Waals surface area contributed by atoms with Crippen molar-refractivity contribution in [3.05, 3.63) is 58.5 Å². The first-order valence-electron chi connectivity index (χ1n) is 5.23. The lowest BCUT2D eigenvalue weighted by Gasteiger charge is -2.08. The van der Waals surface area contributed by atoms with E-state index in [9.17, 15) is 13.2 Å². The molecule has 0 atom stereocenters. The van der Waals surface area contributed by atoms with Crippen molar-refractivity contribution in [2.75, 3.05) is 4.72 Å². The summed E-state index contributed by atoms with van der Waals surface area (Å²) in [6, 6.07) is 10.4. The lowest BCUT2D eigenvalue weighted by molar-refractivity contribution is 0.600. The highest BCUT2D eigenvalue weighted by atomic mass is 32.2. The van der Waals surface area contributed by atoms with E-state index in [-0.39, 0.29) is 16.1 Å². The van der Waals surface area contributed by atoms with Gasteiger partial charge in [0.25, 0.3) is 10.0 Å². The van der Waals surface area contributed by atoms with Gasteiger partial charge in [0.2, 0.25) is 5.56 Å². The maximum atomic E-state index is 12.0. The Balaban J connectivity index is 2.40. The van der Waals surface area contributed by atoms with E-state index in [1.807, 2.05) is 6.07 Å². The maximum absolute atomic E-state index is 12.0. The van der Waals surface area contributed by atoms with Crippen molar-refractivity contribution in [1.29, 1.82) is 5.26 Å². The zero-order valence-electron chi connectivity index (χ0n) is 9.62. The van der Waals surface area contributed by atoms with Crippen molar-refractivity contribution < 1.29 is 8.42 Å². The van der Waals surface area contributed by atoms with E-state index < -0.39 is 15.6 Å². The molecule has 0 aliphatic heterocycles. The summed E-state index contributed by atoms with van der Waals surface area (Å²) in [7, 11) is -3.83. The summed E-state index contributed by atoms with van der Waals surface area (Å²) in [4.78, 5) is 13.1. The first-order valence-corrected chi connectivity index (χ1v) is 6.72. The topological polar surface area (TPSA) is 103 Å². The molecule has 96 valence electrons. The number of hydrogen-bond donors (Lipinski definition) is 2. The molecule has 0 saturated carbocycles. The lowest BCUT2D eigenvalue weighted by Crippen LogP contribution is -2.15. The summed E-state index contributed by atoms with van der Waals surface area (Å²) < 4.78 is 26.4. The van der Waals surface area contributed by atoms with Crippen molar-refractivity contribution in [3.8, 4) is 6.07 Å². The molecule has 0 bridgehead atoms. The molecule has 1 aromatic carbocycles. The van der Waals surface area contributed by atoms with Gasteiger partial charge < -0.3 is 4.98 Å². The predicted molar refractivity (Wildman–Crippen MR) is 69.0 cm³/mol. The number of aromatic amines is 1. The van der Waals surface area contributed by atoms with Gasteiger partial charge in [0.1, 0.15) is 11.0 Å². The van der Waals surface area contributed by atoms with E-state index in [2.05, 4.69) is 9.71 Å². The van der Waals surface area contributed by atoms with E-state index in [4.69, 9.17) is 5.26 Å². The minimum atomic E-state index is -3.83. The van der Waals surface area contributed by atoms with Gasteiger partial charge in [-0.2, -0.15) is 5.26 Å². The monoisotopic (exact) mass is 275 g/mol. The van der Waals surface area contributed by atoms with E-state index in [1.165, 1.54) is 18.2 Å². The number of rotatable bonds is 3. The SMILES string of the molecule is N#Cc1ccccc1NS(=O)(=O)c1ccc(=O)[nH]c1. The Kier molecular flexibility index (Phi) is 3.35. The summed E-state index contributed by atoms with van der Waals surface area (Å²) in [6.45, 7) is 0. The van der Waals surface area contributed by atoms with Crippen molar-refractivity contribution in [1.82, 2.24) is 4.98 Å². The highest BCUT2D eigenvalue weighted by Crippen LogP contribution is 2.18. The molecule has 0 radical (unpaired) electrons. The molecule has 2 N–H and O–H groups in total. The van der Waals surface area contributed by atoms with E-state index in [1.54, 1.807) is 12.1 Å². The van der Waals surface area contributed by atoms with Crippen molar-refractivity contribution in [2.45, 2.75) is 4.90 Å². The average molecular weight is 275 g/mol. The van der Waals surface area contributed by atoms with Crippen molar-refractivity contribution in [3.63, 3.8) is 0 Å². The highest BCUT2D eigenvalue weighted by Gasteiger charge is 2.15. The number of nitrogens with one attached hydrogen (secondary N) is 2. The van der Waals surface area contributed by atoms with Crippen LogP contribution in [0.1, 0.15) is 5.56 Å². The van der Waals surface area contributed by atoms with Crippen LogP contribution < -0.4 is 10.3 Å². The van der Waals surface area contributed by atoms with E-state index in [0.717, 1.165) is 12.3 Å². The molecule has 6 nitrogen and oxygen atoms in total. The fraction of sp³-hybridized carbons (Fsp3) is 0. The van der Waals surface area contributed by atoms with E-state index >= 15 is 0 Å². The summed E-state index contributed by atoms with van der Waals surface area (Å²) in [5.41, 5.74) is 0.0167. The fourth-order valence-corrected chi connectivity index (χ4v) is 2.48. The molecule has 0 aliphatic carbocycles. The normalized spacial score (nSPS) is 10.7. The zero-order valence-corrected chi connectivity index (χ0v) is 10.4. The van der Waals surface area contributed by atoms with Gasteiger partial charge in [-0.05, 0) is 18.2 Å². The number of anilines is 1. The number of aromatic nitrogens is 1. The second kappa shape index (κ2) is 4.96. The molecule has 1 heterocycles. The number of pyridine rings is 1. The second-order valence-electron chi connectivity index (χ2n) is 3.65. The van der Waals surface area contributed by atoms with Crippen molar-refractivity contribution >= 4 is 15.7 Å². The van der Waals surface area contributed by atoms with Crippen LogP contribution in [0.15, 0.2) is 52.3 Å². The molecule has 0 unspecified atom stereocenters. The van der Waals surface area contributed by atoms with Crippen LogP contribution in [0.5, 0.6) is 0 Å². The number of sulfonamides is 1. The molecule has 0 amide bonds. The average Bonchev–Trinajstić information content (AvgIpc) is 2.39. The van der Waals surface area contributed by atoms with Gasteiger partial charge >= 0.3 is 0 Å². The van der Waals surface area contributed by atoms with Gasteiger partial charge in [-0.1, -0.05) is 12.1 Å². The molecule has 0 aliphatic rings. The maximum Gasteiger partial charge on any atom is 0.263 e. The molecule has 1 aromatic heterocycles. The van der Waals surface area contributed by atoms with Crippen LogP contribution in [-0.4, -0.2) is 13.4 Å². The Morgan fingerprint density at radius 2 is 1.89 bits per heavy atom. The summed E-state index contributed by atoms with van der Waals surface area (Å²) >= 11 is 0. The van der Waals surface area contributed by atoms with E-state index in [0.29, 0.717) is 0 Å². The molecule has 2 rings (SSSR count). The molecular formula is C12H9N3O3S. The third kappa shape index (κ3) is 2.81. The molecule has 0 fully saturated rings. The zero-order chi connectivity index (χ0) is 13.9. The molecular weight excluding hydrogens is 266 g/mol. The molecule has 2 aromatic rings. The number of benzene rings is 1. The van der Waals surface area contributed by atoms with Crippen molar-refractivity contribution in [2.24, 2.45) is 0 Å². The molecule has 7 heteroatoms. The number of nitriles is 1. The standard InChI is InChI=1S/C12H9N3O3S/c13-7-9-3-1-2-4-11(9)15-19(17,18)10-5-6-12(16)14-8-10/h1-6,8,15H,(H,14,16). The molecule has 0 spiro atoms. The first kappa shape index (κ1) is 12.9. The molecule has 0 saturated heterocycles. The van der Waals surface area contributed by atoms with Gasteiger partial charge in [0, 0.05) is 12.3 Å². The van der Waals surface area contributed by atoms with Gasteiger partial charge in [-0.15, -0.1) is 0 Å². The van der Waals surface area contributed by atoms with Gasteiger partial charge in [-0.25, -0.2) is 8.42 Å². The number of H-pyrrole nitrogens is 1. The predicted octanol–water partition coefficient (Wildman–Crippen LogP) is 1.05. The number of hydrogen-bond acceptors (Lipinski definition) is 4. The third-order valence-electron chi connectivity index (χ3n) is 2.36. The van der Waals surface area contributed by atoms with Gasteiger partial charge in [-0.3, -0.25) is 9.52 Å². The van der Waals surface area contributed by atoms with Crippen LogP contribution in [0.2, 0.25) is 0 Å². The second-order valence-corrected chi connectivity index (χ2v) is 5.33. The summed E-state index contributed by atoms with van der Waals surface area (Å²) in [5.74, 6) is 0. The minimum absolute atomic E-state index is 0.0835. The van der Waals surface area contributed by atoms with Crippen LogP contribution in [0.4, 0.5) is 5.69 Å². The smallest absolute Gasteiger partial charge is 0.263 e. The fourth-order valence-electron chi connectivity index (χ4n) is 1.44.